The molecule has 2 aromatic heterocycles. The molecule has 4 rings (SSSR count). The van der Waals surface area contributed by atoms with Gasteiger partial charge in [0, 0.05) is 23.6 Å². The van der Waals surface area contributed by atoms with Crippen LogP contribution in [0.2, 0.25) is 0 Å². The third kappa shape index (κ3) is 5.14. The van der Waals surface area contributed by atoms with Crippen LogP contribution < -0.4 is 5.43 Å². The highest BCUT2D eigenvalue weighted by atomic mass is 32.2. The summed E-state index contributed by atoms with van der Waals surface area (Å²) < 4.78 is 1.91. The highest BCUT2D eigenvalue weighted by molar-refractivity contribution is 7.99. The number of hydrogen-bond acceptors (Lipinski definition) is 7. The molecule has 2 N–H and O–H groups in total. The van der Waals surface area contributed by atoms with Gasteiger partial charge in [0.2, 0.25) is 0 Å². The zero-order valence-corrected chi connectivity index (χ0v) is 17.1. The Labute approximate surface area is 182 Å². The van der Waals surface area contributed by atoms with Crippen molar-refractivity contribution in [3.8, 4) is 22.8 Å². The molecule has 154 valence electrons. The van der Waals surface area contributed by atoms with Gasteiger partial charge in [-0.3, -0.25) is 14.3 Å². The van der Waals surface area contributed by atoms with E-state index in [9.17, 15) is 9.90 Å². The van der Waals surface area contributed by atoms with Crippen molar-refractivity contribution in [1.82, 2.24) is 25.2 Å². The lowest BCUT2D eigenvalue weighted by Crippen LogP contribution is -2.20. The molecule has 1 amide bonds. The highest BCUT2D eigenvalue weighted by Crippen LogP contribution is 2.27. The van der Waals surface area contributed by atoms with Crippen molar-refractivity contribution in [2.45, 2.75) is 5.16 Å². The van der Waals surface area contributed by atoms with Gasteiger partial charge in [0.1, 0.15) is 5.75 Å². The standard InChI is InChI=1S/C22H18N6O2S/c29-19-8-6-16(7-9-19)14-24-25-20(30)15-31-22-27-26-21(17-10-12-23-13-11-17)28(22)18-4-2-1-3-5-18/h1-14,29H,15H2,(H,25,30)/b24-14+. The number of nitrogens with zero attached hydrogens (tertiary/aromatic N) is 5. The molecule has 0 saturated carbocycles. The number of rotatable bonds is 7. The lowest BCUT2D eigenvalue weighted by atomic mass is 10.2. The molecule has 31 heavy (non-hydrogen) atoms. The Morgan fingerprint density at radius 2 is 1.77 bits per heavy atom. The second-order valence-corrected chi connectivity index (χ2v) is 7.33. The number of thioether (sulfide) groups is 1. The summed E-state index contributed by atoms with van der Waals surface area (Å²) in [4.78, 5) is 16.3. The topological polar surface area (TPSA) is 105 Å². The summed E-state index contributed by atoms with van der Waals surface area (Å²) in [6.07, 6.45) is 4.91. The third-order valence-electron chi connectivity index (χ3n) is 4.21. The minimum atomic E-state index is -0.270. The van der Waals surface area contributed by atoms with E-state index in [0.717, 1.165) is 16.8 Å². The molecule has 0 spiro atoms. The van der Waals surface area contributed by atoms with Crippen molar-refractivity contribution < 1.29 is 9.90 Å². The number of carbonyl (C=O) groups excluding carboxylic acids is 1. The molecule has 0 radical (unpaired) electrons. The molecule has 0 unspecified atom stereocenters. The number of aromatic nitrogens is 4. The number of phenols is 1. The number of para-hydroxylation sites is 1. The number of hydrogen-bond donors (Lipinski definition) is 2. The van der Waals surface area contributed by atoms with Gasteiger partial charge in [0.25, 0.3) is 5.91 Å². The maximum Gasteiger partial charge on any atom is 0.250 e. The Balaban J connectivity index is 1.47. The van der Waals surface area contributed by atoms with Crippen LogP contribution in [0.1, 0.15) is 5.56 Å². The first-order valence-corrected chi connectivity index (χ1v) is 10.3. The first-order valence-electron chi connectivity index (χ1n) is 9.36. The number of amides is 1. The van der Waals surface area contributed by atoms with Gasteiger partial charge in [-0.25, -0.2) is 5.43 Å². The SMILES string of the molecule is O=C(CSc1nnc(-c2ccncc2)n1-c1ccccc1)N/N=C/c1ccc(O)cc1. The number of phenolic OH excluding ortho intramolecular Hbond substituents is 1. The number of carbonyl (C=O) groups is 1. The second-order valence-electron chi connectivity index (χ2n) is 6.39. The van der Waals surface area contributed by atoms with E-state index in [1.165, 1.54) is 18.0 Å². The first kappa shape index (κ1) is 20.3. The number of hydrazone groups is 1. The van der Waals surface area contributed by atoms with Gasteiger partial charge in [-0.05, 0) is 54.1 Å². The monoisotopic (exact) mass is 430 g/mol. The molecule has 0 aliphatic heterocycles. The number of nitrogens with one attached hydrogen (secondary N) is 1. The van der Waals surface area contributed by atoms with Gasteiger partial charge in [-0.15, -0.1) is 10.2 Å². The van der Waals surface area contributed by atoms with Crippen LogP contribution in [0.4, 0.5) is 0 Å². The minimum Gasteiger partial charge on any atom is -0.508 e. The first-order chi connectivity index (χ1) is 15.2. The number of benzene rings is 2. The normalized spacial score (nSPS) is 11.0. The highest BCUT2D eigenvalue weighted by Gasteiger charge is 2.17. The third-order valence-corrected chi connectivity index (χ3v) is 5.14. The van der Waals surface area contributed by atoms with Crippen LogP contribution in [-0.2, 0) is 4.79 Å². The molecule has 2 aromatic carbocycles. The van der Waals surface area contributed by atoms with E-state index in [1.54, 1.807) is 36.7 Å². The largest absolute Gasteiger partial charge is 0.508 e. The lowest BCUT2D eigenvalue weighted by molar-refractivity contribution is -0.118. The molecular formula is C22H18N6O2S. The fourth-order valence-corrected chi connectivity index (χ4v) is 3.51. The van der Waals surface area contributed by atoms with Crippen molar-refractivity contribution in [3.05, 3.63) is 84.7 Å². The van der Waals surface area contributed by atoms with Crippen LogP contribution in [-0.4, -0.2) is 42.7 Å². The van der Waals surface area contributed by atoms with Gasteiger partial charge < -0.3 is 5.11 Å². The summed E-state index contributed by atoms with van der Waals surface area (Å²) in [5, 5.41) is 22.5. The average molecular weight is 430 g/mol. The molecule has 4 aromatic rings. The van der Waals surface area contributed by atoms with E-state index in [1.807, 2.05) is 47.0 Å². The van der Waals surface area contributed by atoms with E-state index in [4.69, 9.17) is 0 Å². The zero-order valence-electron chi connectivity index (χ0n) is 16.3. The Kier molecular flexibility index (Phi) is 6.34. The van der Waals surface area contributed by atoms with Crippen molar-refractivity contribution in [2.24, 2.45) is 5.10 Å². The molecule has 0 saturated heterocycles. The van der Waals surface area contributed by atoms with E-state index < -0.39 is 0 Å². The summed E-state index contributed by atoms with van der Waals surface area (Å²) in [6, 6.07) is 19.9. The summed E-state index contributed by atoms with van der Waals surface area (Å²) in [5.74, 6) is 0.690. The van der Waals surface area contributed by atoms with E-state index in [0.29, 0.717) is 11.0 Å². The van der Waals surface area contributed by atoms with E-state index in [-0.39, 0.29) is 17.4 Å². The van der Waals surface area contributed by atoms with Crippen LogP contribution in [0, 0.1) is 0 Å². The average Bonchev–Trinajstić information content (AvgIpc) is 3.24. The van der Waals surface area contributed by atoms with Crippen LogP contribution in [0.15, 0.2) is 89.4 Å². The molecular weight excluding hydrogens is 412 g/mol. The molecule has 0 aliphatic carbocycles. The fourth-order valence-electron chi connectivity index (χ4n) is 2.76. The van der Waals surface area contributed by atoms with Crippen molar-refractivity contribution in [3.63, 3.8) is 0 Å². The molecule has 0 aliphatic rings. The summed E-state index contributed by atoms with van der Waals surface area (Å²) in [5.41, 5.74) is 5.03. The van der Waals surface area contributed by atoms with E-state index >= 15 is 0 Å². The smallest absolute Gasteiger partial charge is 0.250 e. The molecule has 8 nitrogen and oxygen atoms in total. The van der Waals surface area contributed by atoms with Crippen LogP contribution >= 0.6 is 11.8 Å². The van der Waals surface area contributed by atoms with E-state index in [2.05, 4.69) is 25.7 Å². The predicted molar refractivity (Wildman–Crippen MR) is 119 cm³/mol. The maximum atomic E-state index is 12.2. The van der Waals surface area contributed by atoms with Gasteiger partial charge in [0.05, 0.1) is 12.0 Å². The Hall–Kier alpha value is -3.98. The Morgan fingerprint density at radius 1 is 1.03 bits per heavy atom. The quantitative estimate of drug-likeness (QED) is 0.265. The predicted octanol–water partition coefficient (Wildman–Crippen LogP) is 3.28. The van der Waals surface area contributed by atoms with Crippen LogP contribution in [0.5, 0.6) is 5.75 Å². The number of aromatic hydroxyl groups is 1. The number of pyridine rings is 1. The summed E-state index contributed by atoms with van der Waals surface area (Å²) >= 11 is 1.27. The molecule has 9 heteroatoms. The van der Waals surface area contributed by atoms with Crippen LogP contribution in [0.25, 0.3) is 17.1 Å². The lowest BCUT2D eigenvalue weighted by Gasteiger charge is -2.10. The van der Waals surface area contributed by atoms with Crippen LogP contribution in [0.3, 0.4) is 0 Å². The molecule has 0 atom stereocenters. The second kappa shape index (κ2) is 9.68. The fraction of sp³-hybridized carbons (Fsp3) is 0.0455. The van der Waals surface area contributed by atoms with Gasteiger partial charge in [0.15, 0.2) is 11.0 Å². The molecule has 0 fully saturated rings. The summed E-state index contributed by atoms with van der Waals surface area (Å²) in [6.45, 7) is 0. The zero-order chi connectivity index (χ0) is 21.5. The Morgan fingerprint density at radius 3 is 2.52 bits per heavy atom. The molecule has 0 bridgehead atoms. The van der Waals surface area contributed by atoms with Crippen molar-refractivity contribution in [2.75, 3.05) is 5.75 Å². The van der Waals surface area contributed by atoms with Gasteiger partial charge >= 0.3 is 0 Å². The summed E-state index contributed by atoms with van der Waals surface area (Å²) in [7, 11) is 0. The van der Waals surface area contributed by atoms with Gasteiger partial charge in [-0.2, -0.15) is 5.10 Å². The van der Waals surface area contributed by atoms with Gasteiger partial charge in [-0.1, -0.05) is 30.0 Å². The minimum absolute atomic E-state index is 0.119. The van der Waals surface area contributed by atoms with Crippen molar-refractivity contribution >= 4 is 23.9 Å². The molecule has 2 heterocycles. The van der Waals surface area contributed by atoms with Crippen molar-refractivity contribution in [1.29, 1.82) is 0 Å². The maximum absolute atomic E-state index is 12.2. The Bertz CT molecular complexity index is 1180.